The number of nitrogens with one attached hydrogen (secondary N) is 4. The van der Waals surface area contributed by atoms with Gasteiger partial charge in [0.1, 0.15) is 61.5 Å². The number of ether oxygens (including phenoxy) is 4. The van der Waals surface area contributed by atoms with Gasteiger partial charge in [0.15, 0.2) is 0 Å². The number of rotatable bonds is 24. The first-order valence-corrected chi connectivity index (χ1v) is 31.0. The molecule has 4 N–H and O–H groups in total. The average molecular weight is 1270 g/mol. The van der Waals surface area contributed by atoms with E-state index in [9.17, 15) is 28.0 Å². The molecule has 4 aromatic carbocycles. The zero-order valence-electron chi connectivity index (χ0n) is 52.3. The van der Waals surface area contributed by atoms with E-state index in [1.54, 1.807) is 107 Å². The summed E-state index contributed by atoms with van der Waals surface area (Å²) in [5.74, 6) is 2.63. The predicted octanol–water partition coefficient (Wildman–Crippen LogP) is 4.66. The van der Waals surface area contributed by atoms with E-state index in [4.69, 9.17) is 18.9 Å². The molecule has 0 saturated carbocycles. The lowest BCUT2D eigenvalue weighted by molar-refractivity contribution is -0.142. The summed E-state index contributed by atoms with van der Waals surface area (Å²) in [6.07, 6.45) is 1.42. The summed E-state index contributed by atoms with van der Waals surface area (Å²) in [6, 6.07) is 24.8. The third-order valence-corrected chi connectivity index (χ3v) is 17.8. The Hall–Kier alpha value is -9.16. The van der Waals surface area contributed by atoms with Crippen molar-refractivity contribution in [1.82, 2.24) is 70.9 Å². The molecule has 92 heavy (non-hydrogen) atoms. The van der Waals surface area contributed by atoms with Gasteiger partial charge in [-0.25, -0.2) is 18.4 Å². The first kappa shape index (κ1) is 65.8. The van der Waals surface area contributed by atoms with Crippen molar-refractivity contribution < 1.29 is 56.5 Å². The monoisotopic (exact) mass is 1260 g/mol. The number of hydrogen-bond acceptors (Lipinski definition) is 16. The molecule has 0 radical (unpaired) electrons. The molecule has 0 unspecified atom stereocenters. The molecule has 6 amide bonds. The van der Waals surface area contributed by atoms with Gasteiger partial charge in [0, 0.05) is 62.2 Å². The van der Waals surface area contributed by atoms with Crippen molar-refractivity contribution in [2.24, 2.45) is 11.8 Å². The Labute approximate surface area is 532 Å². The largest absolute Gasteiger partial charge is 0.445 e. The Morgan fingerprint density at radius 2 is 0.924 bits per heavy atom. The number of nitrogens with zero attached hydrogens (tertiary/aromatic N) is 10. The average Bonchev–Trinajstić information content (AvgIpc) is 1.61. The Balaban J connectivity index is 0.819. The molecular formula is C66H78F2N14O10. The summed E-state index contributed by atoms with van der Waals surface area (Å²) in [7, 11) is 3.26. The van der Waals surface area contributed by atoms with Crippen molar-refractivity contribution in [2.45, 2.75) is 127 Å². The van der Waals surface area contributed by atoms with Crippen LogP contribution in [0.1, 0.15) is 51.7 Å². The molecule has 0 bridgehead atoms. The number of likely N-dealkylation sites (tertiary alicyclic amines) is 4. The number of benzene rings is 4. The third kappa shape index (κ3) is 15.6. The quantitative estimate of drug-likeness (QED) is 0.0601. The molecule has 26 heteroatoms. The fraction of sp³-hybridized carbons (Fsp3) is 0.455. The number of aromatic nitrogens is 6. The van der Waals surface area contributed by atoms with E-state index in [0.717, 1.165) is 11.1 Å². The Morgan fingerprint density at radius 3 is 1.29 bits per heavy atom. The number of fused-ring (bicyclic) bond motifs is 2. The summed E-state index contributed by atoms with van der Waals surface area (Å²) in [5, 5.41) is 29.1. The fourth-order valence-corrected chi connectivity index (χ4v) is 12.6. The summed E-state index contributed by atoms with van der Waals surface area (Å²) in [6.45, 7) is 7.85. The molecule has 0 spiro atoms. The van der Waals surface area contributed by atoms with E-state index in [0.29, 0.717) is 35.4 Å². The Kier molecular flexibility index (Phi) is 21.7. The molecule has 6 heterocycles. The number of amides is 6. The molecule has 24 nitrogen and oxygen atoms in total. The van der Waals surface area contributed by atoms with Gasteiger partial charge in [0.2, 0.25) is 23.6 Å². The molecule has 6 aromatic rings. The number of likely N-dealkylation sites (N-methyl/N-ethyl adjacent to an activating group) is 2. The lowest BCUT2D eigenvalue weighted by Crippen LogP contribution is -2.59. The minimum absolute atomic E-state index is 0.0508. The molecule has 4 fully saturated rings. The van der Waals surface area contributed by atoms with E-state index >= 15 is 9.59 Å². The van der Waals surface area contributed by atoms with Crippen LogP contribution in [0.15, 0.2) is 122 Å². The number of halogens is 2. The molecule has 12 atom stereocenters. The molecule has 4 aliphatic heterocycles. The van der Waals surface area contributed by atoms with Gasteiger partial charge in [-0.2, -0.15) is 0 Å². The highest BCUT2D eigenvalue weighted by Gasteiger charge is 2.55. The second-order valence-electron chi connectivity index (χ2n) is 23.7. The maximum Gasteiger partial charge on any atom is 0.410 e. The molecule has 2 aromatic heterocycles. The normalized spacial score (nSPS) is 21.0. The minimum Gasteiger partial charge on any atom is -0.445 e. The van der Waals surface area contributed by atoms with E-state index in [1.165, 1.54) is 24.3 Å². The molecular weight excluding hydrogens is 1190 g/mol. The smallest absolute Gasteiger partial charge is 0.410 e. The summed E-state index contributed by atoms with van der Waals surface area (Å²) >= 11 is 0. The van der Waals surface area contributed by atoms with E-state index in [-0.39, 0.29) is 89.2 Å². The van der Waals surface area contributed by atoms with E-state index in [1.807, 2.05) is 60.7 Å². The summed E-state index contributed by atoms with van der Waals surface area (Å²) < 4.78 is 55.1. The lowest BCUT2D eigenvalue weighted by Gasteiger charge is -2.34. The summed E-state index contributed by atoms with van der Waals surface area (Å²) in [5.41, 5.74) is 3.99. The van der Waals surface area contributed by atoms with Crippen molar-refractivity contribution in [1.29, 1.82) is 0 Å². The van der Waals surface area contributed by atoms with Gasteiger partial charge in [-0.3, -0.25) is 28.5 Å². The third-order valence-electron chi connectivity index (χ3n) is 17.8. The van der Waals surface area contributed by atoms with Gasteiger partial charge in [0.25, 0.3) is 0 Å². The van der Waals surface area contributed by atoms with Gasteiger partial charge >= 0.3 is 12.2 Å². The van der Waals surface area contributed by atoms with Gasteiger partial charge in [-0.15, -0.1) is 10.2 Å². The van der Waals surface area contributed by atoms with Gasteiger partial charge in [-0.1, -0.05) is 82.9 Å². The SMILES string of the molecule is CN[C@@H](C)C(=O)N[C@H](C(=O)N1CC[C@@H]2[C@H]1[C@@H](Cn1cc(-c3ccc(F)cc3)nn1)CN2C(=O)OCc1ccccc1)[C@@H](C)OCC#CCO[C@H](C)[C@H](NC(=O)[C@H](C)NC)C(=O)N1CC[C@@H]2[C@H]1[C@@H](Cn1cc(-c3ccc(F)cc3)nn1)CN2C(=O)OCc1ccccc1. The fourth-order valence-electron chi connectivity index (χ4n) is 12.6. The summed E-state index contributed by atoms with van der Waals surface area (Å²) in [4.78, 5) is 92.2. The van der Waals surface area contributed by atoms with Crippen molar-refractivity contribution in [3.05, 3.63) is 144 Å². The van der Waals surface area contributed by atoms with E-state index in [2.05, 4.69) is 53.7 Å². The van der Waals surface area contributed by atoms with Gasteiger partial charge in [0.05, 0.1) is 60.9 Å². The van der Waals surface area contributed by atoms with Crippen LogP contribution in [0.3, 0.4) is 0 Å². The molecule has 10 rings (SSSR count). The van der Waals surface area contributed by atoms with Crippen LogP contribution >= 0.6 is 0 Å². The molecule has 4 saturated heterocycles. The topological polar surface area (TPSA) is 262 Å². The maximum absolute atomic E-state index is 15.1. The van der Waals surface area contributed by atoms with E-state index < -0.39 is 96.4 Å². The van der Waals surface area contributed by atoms with Gasteiger partial charge < -0.3 is 59.8 Å². The number of carbonyl (C=O) groups excluding carboxylic acids is 6. The van der Waals surface area contributed by atoms with Crippen LogP contribution in [-0.4, -0.2) is 199 Å². The van der Waals surface area contributed by atoms with Crippen LogP contribution in [0.4, 0.5) is 18.4 Å². The second kappa shape index (κ2) is 30.3. The van der Waals surface area contributed by atoms with Crippen LogP contribution in [0.2, 0.25) is 0 Å². The highest BCUT2D eigenvalue weighted by Crippen LogP contribution is 2.40. The second-order valence-corrected chi connectivity index (χ2v) is 23.7. The van der Waals surface area contributed by atoms with Crippen LogP contribution < -0.4 is 21.3 Å². The predicted molar refractivity (Wildman–Crippen MR) is 332 cm³/mol. The Morgan fingerprint density at radius 1 is 0.543 bits per heavy atom. The first-order valence-electron chi connectivity index (χ1n) is 31.0. The number of hydrogen-bond donors (Lipinski definition) is 4. The standard InChI is InChI=1S/C66H78F2N14O10/c1-41(69-5)61(83)71-57(63(85)79-29-27-55-59(79)49(35-81(55)65(87)91-39-45-15-9-7-10-16-45)33-77-37-53(73-75-77)47-19-23-51(67)24-20-47)43(3)89-31-13-14-32-90-44(4)58(72-62(84)42(2)70-6)64(86)80-30-28-56-60(80)50(36-82(56)66(88)92-40-46-17-11-8-12-18-46)34-78-38-54(74-76-78)48-21-25-52(68)26-22-48/h7-12,15-26,37-38,41-44,49-50,55-60,69-70H,27-36,39-40H2,1-6H3,(H,71,83)(H,72,84)/t41-,42-,43+,44+,49-,50-,55+,56+,57-,58-,59+,60+/m0/s1. The van der Waals surface area contributed by atoms with Crippen LogP contribution in [0.5, 0.6) is 0 Å². The zero-order chi connectivity index (χ0) is 65.0. The van der Waals surface area contributed by atoms with Gasteiger partial charge in [-0.05, 0) is 114 Å². The molecule has 0 aliphatic carbocycles. The minimum atomic E-state index is -1.20. The Bertz CT molecular complexity index is 3340. The van der Waals surface area contributed by atoms with Crippen molar-refractivity contribution in [3.8, 4) is 34.4 Å². The van der Waals surface area contributed by atoms with Crippen molar-refractivity contribution in [3.63, 3.8) is 0 Å². The first-order chi connectivity index (χ1) is 44.5. The van der Waals surface area contributed by atoms with Crippen molar-refractivity contribution >= 4 is 35.8 Å². The van der Waals surface area contributed by atoms with Crippen LogP contribution in [-0.2, 0) is 64.4 Å². The number of carbonyl (C=O) groups is 6. The lowest BCUT2D eigenvalue weighted by atomic mass is 9.98. The van der Waals surface area contributed by atoms with Crippen LogP contribution in [0.25, 0.3) is 22.5 Å². The molecule has 4 aliphatic rings. The highest BCUT2D eigenvalue weighted by atomic mass is 19.1. The maximum atomic E-state index is 15.1. The van der Waals surface area contributed by atoms with Crippen LogP contribution in [0, 0.1) is 35.3 Å². The highest BCUT2D eigenvalue weighted by molar-refractivity contribution is 5.91. The zero-order valence-corrected chi connectivity index (χ0v) is 52.3. The molecule has 486 valence electrons. The van der Waals surface area contributed by atoms with Crippen molar-refractivity contribution in [2.75, 3.05) is 53.5 Å².